The zero-order valence-electron chi connectivity index (χ0n) is 14.2. The molecule has 0 aliphatic carbocycles. The normalized spacial score (nSPS) is 13.7. The molecule has 1 unspecified atom stereocenters. The van der Waals surface area contributed by atoms with Gasteiger partial charge in [0, 0.05) is 12.2 Å². The van der Waals surface area contributed by atoms with Gasteiger partial charge in [-0.15, -0.1) is 0 Å². The van der Waals surface area contributed by atoms with Crippen LogP contribution in [0, 0.1) is 11.8 Å². The summed E-state index contributed by atoms with van der Waals surface area (Å²) in [6.45, 7) is 14.6. The summed E-state index contributed by atoms with van der Waals surface area (Å²) in [4.78, 5) is 0. The Bertz CT molecular complexity index is 364. The van der Waals surface area contributed by atoms with Crippen molar-refractivity contribution in [1.82, 2.24) is 15.1 Å². The molecule has 3 nitrogen and oxygen atoms in total. The molecule has 0 aromatic carbocycles. The maximum absolute atomic E-state index is 4.79. The third-order valence-corrected chi connectivity index (χ3v) is 4.18. The highest BCUT2D eigenvalue weighted by molar-refractivity contribution is 5.01. The second-order valence-electron chi connectivity index (χ2n) is 6.53. The van der Waals surface area contributed by atoms with Crippen LogP contribution >= 0.6 is 0 Å². The molecule has 0 amide bonds. The Balaban J connectivity index is 2.64. The van der Waals surface area contributed by atoms with Crippen LogP contribution in [-0.2, 0) is 6.42 Å². The van der Waals surface area contributed by atoms with Gasteiger partial charge in [0.05, 0.1) is 11.7 Å². The molecule has 20 heavy (non-hydrogen) atoms. The lowest BCUT2D eigenvalue weighted by atomic mass is 9.91. The minimum Gasteiger partial charge on any atom is -0.314 e. The highest BCUT2D eigenvalue weighted by Gasteiger charge is 2.16. The highest BCUT2D eigenvalue weighted by atomic mass is 15.3. The van der Waals surface area contributed by atoms with Crippen molar-refractivity contribution >= 4 is 0 Å². The van der Waals surface area contributed by atoms with Crippen LogP contribution < -0.4 is 5.32 Å². The first-order chi connectivity index (χ1) is 9.47. The standard InChI is InChI=1S/C17H33N3/c1-7-17(8-2)20-10-9-16(19-20)11-15(13(3)4)12-18-14(5)6/h9-10,13-15,17-18H,7-8,11-12H2,1-6H3. The van der Waals surface area contributed by atoms with E-state index in [1.54, 1.807) is 0 Å². The fraction of sp³-hybridized carbons (Fsp3) is 0.824. The molecule has 3 heteroatoms. The van der Waals surface area contributed by atoms with Gasteiger partial charge in [-0.25, -0.2) is 0 Å². The molecule has 1 rings (SSSR count). The van der Waals surface area contributed by atoms with Crippen LogP contribution in [0.3, 0.4) is 0 Å². The van der Waals surface area contributed by atoms with Crippen LogP contribution in [-0.4, -0.2) is 22.4 Å². The van der Waals surface area contributed by atoms with Crippen LogP contribution in [0.1, 0.15) is 66.1 Å². The smallest absolute Gasteiger partial charge is 0.0628 e. The number of nitrogens with one attached hydrogen (secondary N) is 1. The van der Waals surface area contributed by atoms with E-state index in [0.717, 1.165) is 25.8 Å². The van der Waals surface area contributed by atoms with Crippen molar-refractivity contribution in [2.24, 2.45) is 11.8 Å². The first kappa shape index (κ1) is 17.2. The lowest BCUT2D eigenvalue weighted by molar-refractivity contribution is 0.343. The van der Waals surface area contributed by atoms with Crippen LogP contribution in [0.25, 0.3) is 0 Å². The minimum absolute atomic E-state index is 0.551. The first-order valence-corrected chi connectivity index (χ1v) is 8.25. The SMILES string of the molecule is CCC(CC)n1ccc(CC(CNC(C)C)C(C)C)n1. The maximum atomic E-state index is 4.79. The van der Waals surface area contributed by atoms with Crippen LogP contribution in [0.15, 0.2) is 12.3 Å². The van der Waals surface area contributed by atoms with E-state index in [-0.39, 0.29) is 0 Å². The van der Waals surface area contributed by atoms with E-state index < -0.39 is 0 Å². The molecule has 1 heterocycles. The average Bonchev–Trinajstić information content (AvgIpc) is 2.84. The topological polar surface area (TPSA) is 29.9 Å². The molecule has 0 radical (unpaired) electrons. The second kappa shape index (κ2) is 8.46. The third-order valence-electron chi connectivity index (χ3n) is 4.18. The minimum atomic E-state index is 0.551. The maximum Gasteiger partial charge on any atom is 0.0628 e. The molecule has 0 aliphatic rings. The van der Waals surface area contributed by atoms with Gasteiger partial charge in [-0.05, 0) is 43.7 Å². The average molecular weight is 279 g/mol. The van der Waals surface area contributed by atoms with E-state index >= 15 is 0 Å². The van der Waals surface area contributed by atoms with Gasteiger partial charge in [0.1, 0.15) is 0 Å². The Kier molecular flexibility index (Phi) is 7.28. The summed E-state index contributed by atoms with van der Waals surface area (Å²) in [5.74, 6) is 1.34. The van der Waals surface area contributed by atoms with E-state index in [9.17, 15) is 0 Å². The highest BCUT2D eigenvalue weighted by Crippen LogP contribution is 2.19. The zero-order valence-corrected chi connectivity index (χ0v) is 14.2. The van der Waals surface area contributed by atoms with Crippen molar-refractivity contribution in [2.45, 2.75) is 72.9 Å². The summed E-state index contributed by atoms with van der Waals surface area (Å²) in [6.07, 6.45) is 5.53. The van der Waals surface area contributed by atoms with Gasteiger partial charge in [0.2, 0.25) is 0 Å². The number of rotatable bonds is 9. The van der Waals surface area contributed by atoms with E-state index in [1.165, 1.54) is 5.69 Å². The van der Waals surface area contributed by atoms with E-state index in [4.69, 9.17) is 5.10 Å². The molecule has 1 N–H and O–H groups in total. The summed E-state index contributed by atoms with van der Waals surface area (Å²) in [5.41, 5.74) is 1.24. The lowest BCUT2D eigenvalue weighted by Crippen LogP contribution is -2.32. The number of nitrogens with zero attached hydrogens (tertiary/aromatic N) is 2. The number of aromatic nitrogens is 2. The molecule has 0 saturated carbocycles. The predicted molar refractivity (Wildman–Crippen MR) is 87.0 cm³/mol. The van der Waals surface area contributed by atoms with E-state index in [2.05, 4.69) is 63.8 Å². The fourth-order valence-corrected chi connectivity index (χ4v) is 2.55. The van der Waals surface area contributed by atoms with E-state index in [1.807, 2.05) is 0 Å². The molecule has 1 atom stereocenters. The fourth-order valence-electron chi connectivity index (χ4n) is 2.55. The monoisotopic (exact) mass is 279 g/mol. The van der Waals surface area contributed by atoms with Crippen LogP contribution in [0.2, 0.25) is 0 Å². The summed E-state index contributed by atoms with van der Waals surface area (Å²) in [5, 5.41) is 8.35. The Labute approximate surface area is 125 Å². The van der Waals surface area contributed by atoms with Gasteiger partial charge in [0.25, 0.3) is 0 Å². The molecule has 0 fully saturated rings. The summed E-state index contributed by atoms with van der Waals surface area (Å²) < 4.78 is 2.16. The molecular formula is C17H33N3. The Morgan fingerprint density at radius 1 is 1.15 bits per heavy atom. The van der Waals surface area contributed by atoms with Gasteiger partial charge in [-0.1, -0.05) is 41.5 Å². The van der Waals surface area contributed by atoms with Gasteiger partial charge >= 0.3 is 0 Å². The molecule has 1 aromatic heterocycles. The molecule has 0 spiro atoms. The van der Waals surface area contributed by atoms with Gasteiger partial charge in [-0.3, -0.25) is 4.68 Å². The molecule has 0 bridgehead atoms. The predicted octanol–water partition coefficient (Wildman–Crippen LogP) is 4.06. The van der Waals surface area contributed by atoms with Gasteiger partial charge in [-0.2, -0.15) is 5.10 Å². The van der Waals surface area contributed by atoms with Crippen LogP contribution in [0.5, 0.6) is 0 Å². The summed E-state index contributed by atoms with van der Waals surface area (Å²) >= 11 is 0. The first-order valence-electron chi connectivity index (χ1n) is 8.25. The van der Waals surface area contributed by atoms with Crippen molar-refractivity contribution in [1.29, 1.82) is 0 Å². The Hall–Kier alpha value is -0.830. The quantitative estimate of drug-likeness (QED) is 0.739. The van der Waals surface area contributed by atoms with Gasteiger partial charge < -0.3 is 5.32 Å². The van der Waals surface area contributed by atoms with E-state index in [0.29, 0.717) is 23.9 Å². The Morgan fingerprint density at radius 2 is 1.80 bits per heavy atom. The van der Waals surface area contributed by atoms with Crippen molar-refractivity contribution in [3.8, 4) is 0 Å². The Morgan fingerprint density at radius 3 is 2.30 bits per heavy atom. The third kappa shape index (κ3) is 5.28. The lowest BCUT2D eigenvalue weighted by Gasteiger charge is -2.22. The molecule has 0 saturated heterocycles. The largest absolute Gasteiger partial charge is 0.314 e. The molecular weight excluding hydrogens is 246 g/mol. The summed E-state index contributed by atoms with van der Waals surface area (Å²) in [6, 6.07) is 3.30. The number of hydrogen-bond donors (Lipinski definition) is 1. The van der Waals surface area contributed by atoms with Crippen molar-refractivity contribution in [3.05, 3.63) is 18.0 Å². The molecule has 116 valence electrons. The van der Waals surface area contributed by atoms with Crippen LogP contribution in [0.4, 0.5) is 0 Å². The van der Waals surface area contributed by atoms with Crippen molar-refractivity contribution < 1.29 is 0 Å². The molecule has 1 aromatic rings. The zero-order chi connectivity index (χ0) is 15.1. The number of hydrogen-bond acceptors (Lipinski definition) is 2. The van der Waals surface area contributed by atoms with Gasteiger partial charge in [0.15, 0.2) is 0 Å². The summed E-state index contributed by atoms with van der Waals surface area (Å²) in [7, 11) is 0. The molecule has 0 aliphatic heterocycles. The second-order valence-corrected chi connectivity index (χ2v) is 6.53. The van der Waals surface area contributed by atoms with Crippen molar-refractivity contribution in [2.75, 3.05) is 6.54 Å². The van der Waals surface area contributed by atoms with Crippen molar-refractivity contribution in [3.63, 3.8) is 0 Å².